The zero-order valence-corrected chi connectivity index (χ0v) is 12.3. The van der Waals surface area contributed by atoms with Crippen molar-refractivity contribution < 1.29 is 4.79 Å². The summed E-state index contributed by atoms with van der Waals surface area (Å²) in [5.41, 5.74) is 2.17. The number of carbonyl (C=O) groups is 1. The highest BCUT2D eigenvalue weighted by Gasteiger charge is 2.17. The van der Waals surface area contributed by atoms with E-state index < -0.39 is 0 Å². The van der Waals surface area contributed by atoms with E-state index in [1.807, 2.05) is 66.7 Å². The predicted octanol–water partition coefficient (Wildman–Crippen LogP) is 2.67. The van der Waals surface area contributed by atoms with Crippen LogP contribution in [-0.4, -0.2) is 15.7 Å². The lowest BCUT2D eigenvalue weighted by molar-refractivity contribution is 0.0945. The Morgan fingerprint density at radius 1 is 1.09 bits per heavy atom. The van der Waals surface area contributed by atoms with Crippen molar-refractivity contribution in [2.75, 3.05) is 0 Å². The molecule has 3 aromatic rings. The van der Waals surface area contributed by atoms with Crippen molar-refractivity contribution in [2.24, 2.45) is 0 Å². The van der Waals surface area contributed by atoms with Crippen LogP contribution in [0.1, 0.15) is 21.6 Å². The second-order valence-corrected chi connectivity index (χ2v) is 4.95. The molecule has 5 nitrogen and oxygen atoms in total. The summed E-state index contributed by atoms with van der Waals surface area (Å²) in [6, 6.07) is 21.0. The summed E-state index contributed by atoms with van der Waals surface area (Å²) in [5, 5.41) is 16.3. The minimum Gasteiger partial charge on any atom is -0.347 e. The number of nitrogens with zero attached hydrogens (tertiary/aromatic N) is 3. The number of hydrogen-bond acceptors (Lipinski definition) is 3. The molecule has 23 heavy (non-hydrogen) atoms. The van der Waals surface area contributed by atoms with Crippen molar-refractivity contribution in [3.63, 3.8) is 0 Å². The van der Waals surface area contributed by atoms with Crippen molar-refractivity contribution in [3.05, 3.63) is 83.7 Å². The standard InChI is InChI=1S/C18H14N4O/c19-11-15-13-22(16-9-5-2-6-10-16)21-17(15)18(23)20-12-14-7-3-1-4-8-14/h1-10,13H,12H2,(H,20,23). The molecule has 1 amide bonds. The lowest BCUT2D eigenvalue weighted by Crippen LogP contribution is -2.24. The Balaban J connectivity index is 1.80. The second-order valence-electron chi connectivity index (χ2n) is 4.95. The number of nitrogens with one attached hydrogen (secondary N) is 1. The Bertz CT molecular complexity index is 848. The van der Waals surface area contributed by atoms with E-state index in [9.17, 15) is 10.1 Å². The maximum atomic E-state index is 12.3. The van der Waals surface area contributed by atoms with Gasteiger partial charge in [0.15, 0.2) is 5.69 Å². The van der Waals surface area contributed by atoms with Crippen LogP contribution in [0.3, 0.4) is 0 Å². The van der Waals surface area contributed by atoms with Gasteiger partial charge < -0.3 is 5.32 Å². The highest BCUT2D eigenvalue weighted by Crippen LogP contribution is 2.12. The van der Waals surface area contributed by atoms with Crippen LogP contribution in [0.2, 0.25) is 0 Å². The van der Waals surface area contributed by atoms with Gasteiger partial charge in [0.2, 0.25) is 0 Å². The van der Waals surface area contributed by atoms with Gasteiger partial charge >= 0.3 is 0 Å². The Morgan fingerprint density at radius 2 is 1.74 bits per heavy atom. The second kappa shape index (κ2) is 6.58. The van der Waals surface area contributed by atoms with E-state index in [-0.39, 0.29) is 17.2 Å². The van der Waals surface area contributed by atoms with E-state index in [1.165, 1.54) is 4.68 Å². The molecule has 5 heteroatoms. The van der Waals surface area contributed by atoms with Crippen LogP contribution in [0.5, 0.6) is 0 Å². The monoisotopic (exact) mass is 302 g/mol. The SMILES string of the molecule is N#Cc1cn(-c2ccccc2)nc1C(=O)NCc1ccccc1. The van der Waals surface area contributed by atoms with Gasteiger partial charge in [0.1, 0.15) is 11.6 Å². The number of carbonyl (C=O) groups excluding carboxylic acids is 1. The van der Waals surface area contributed by atoms with Gasteiger partial charge in [-0.05, 0) is 17.7 Å². The number of rotatable bonds is 4. The molecule has 0 bridgehead atoms. The number of benzene rings is 2. The van der Waals surface area contributed by atoms with Crippen LogP contribution in [0.4, 0.5) is 0 Å². The maximum absolute atomic E-state index is 12.3. The third-order valence-electron chi connectivity index (χ3n) is 3.37. The Kier molecular flexibility index (Phi) is 4.16. The van der Waals surface area contributed by atoms with Crippen molar-refractivity contribution >= 4 is 5.91 Å². The van der Waals surface area contributed by atoms with Gasteiger partial charge in [0.25, 0.3) is 5.91 Å². The molecule has 0 aliphatic carbocycles. The predicted molar refractivity (Wildman–Crippen MR) is 85.9 cm³/mol. The molecule has 0 spiro atoms. The smallest absolute Gasteiger partial charge is 0.273 e. The minimum absolute atomic E-state index is 0.132. The third kappa shape index (κ3) is 3.27. The quantitative estimate of drug-likeness (QED) is 0.805. The van der Waals surface area contributed by atoms with E-state index in [0.29, 0.717) is 6.54 Å². The van der Waals surface area contributed by atoms with Gasteiger partial charge in [-0.25, -0.2) is 4.68 Å². The van der Waals surface area contributed by atoms with Gasteiger partial charge in [-0.3, -0.25) is 4.79 Å². The fraction of sp³-hybridized carbons (Fsp3) is 0.0556. The molecule has 0 unspecified atom stereocenters. The molecule has 0 radical (unpaired) electrons. The molecule has 0 aliphatic heterocycles. The van der Waals surface area contributed by atoms with Crippen LogP contribution in [0, 0.1) is 11.3 Å². The fourth-order valence-electron chi connectivity index (χ4n) is 2.20. The van der Waals surface area contributed by atoms with E-state index in [1.54, 1.807) is 6.20 Å². The van der Waals surface area contributed by atoms with Gasteiger partial charge in [0, 0.05) is 12.7 Å². The Morgan fingerprint density at radius 3 is 2.39 bits per heavy atom. The molecular formula is C18H14N4O. The first-order valence-corrected chi connectivity index (χ1v) is 7.15. The number of para-hydroxylation sites is 1. The van der Waals surface area contributed by atoms with Crippen molar-refractivity contribution in [1.29, 1.82) is 5.26 Å². The summed E-state index contributed by atoms with van der Waals surface area (Å²) in [7, 11) is 0. The number of amides is 1. The zero-order valence-electron chi connectivity index (χ0n) is 12.3. The molecule has 0 aliphatic rings. The zero-order chi connectivity index (χ0) is 16.1. The van der Waals surface area contributed by atoms with Crippen LogP contribution < -0.4 is 5.32 Å². The van der Waals surface area contributed by atoms with Gasteiger partial charge in [-0.1, -0.05) is 48.5 Å². The van der Waals surface area contributed by atoms with Crippen LogP contribution in [0.15, 0.2) is 66.9 Å². The molecule has 1 N–H and O–H groups in total. The molecule has 0 saturated heterocycles. The van der Waals surface area contributed by atoms with Crippen LogP contribution in [0.25, 0.3) is 5.69 Å². The van der Waals surface area contributed by atoms with Crippen LogP contribution in [-0.2, 0) is 6.54 Å². The first-order chi connectivity index (χ1) is 11.3. The highest BCUT2D eigenvalue weighted by molar-refractivity contribution is 5.94. The molecule has 0 fully saturated rings. The summed E-state index contributed by atoms with van der Waals surface area (Å²) in [4.78, 5) is 12.3. The minimum atomic E-state index is -0.361. The average molecular weight is 302 g/mol. The number of aromatic nitrogens is 2. The first-order valence-electron chi connectivity index (χ1n) is 7.15. The molecule has 0 atom stereocenters. The fourth-order valence-corrected chi connectivity index (χ4v) is 2.20. The van der Waals surface area contributed by atoms with Crippen molar-refractivity contribution in [2.45, 2.75) is 6.54 Å². The number of nitriles is 1. The summed E-state index contributed by atoms with van der Waals surface area (Å²) >= 11 is 0. The summed E-state index contributed by atoms with van der Waals surface area (Å²) in [6.07, 6.45) is 1.56. The molecule has 1 heterocycles. The highest BCUT2D eigenvalue weighted by atomic mass is 16.1. The first kappa shape index (κ1) is 14.5. The van der Waals surface area contributed by atoms with Gasteiger partial charge in [-0.2, -0.15) is 10.4 Å². The lowest BCUT2D eigenvalue weighted by Gasteiger charge is -2.03. The van der Waals surface area contributed by atoms with Crippen molar-refractivity contribution in [3.8, 4) is 11.8 Å². The largest absolute Gasteiger partial charge is 0.347 e. The molecule has 1 aromatic heterocycles. The van der Waals surface area contributed by atoms with Crippen molar-refractivity contribution in [1.82, 2.24) is 15.1 Å². The molecule has 112 valence electrons. The van der Waals surface area contributed by atoms with E-state index in [2.05, 4.69) is 10.4 Å². The molecule has 2 aromatic carbocycles. The third-order valence-corrected chi connectivity index (χ3v) is 3.37. The van der Waals surface area contributed by atoms with E-state index in [0.717, 1.165) is 11.3 Å². The van der Waals surface area contributed by atoms with Crippen LogP contribution >= 0.6 is 0 Å². The summed E-state index contributed by atoms with van der Waals surface area (Å²) in [6.45, 7) is 0.392. The molecular weight excluding hydrogens is 288 g/mol. The van der Waals surface area contributed by atoms with E-state index in [4.69, 9.17) is 0 Å². The van der Waals surface area contributed by atoms with Gasteiger partial charge in [-0.15, -0.1) is 0 Å². The average Bonchev–Trinajstić information content (AvgIpc) is 3.06. The Hall–Kier alpha value is -3.39. The summed E-state index contributed by atoms with van der Waals surface area (Å²) < 4.78 is 1.54. The Labute approximate surface area is 133 Å². The maximum Gasteiger partial charge on any atom is 0.273 e. The molecule has 3 rings (SSSR count). The van der Waals surface area contributed by atoms with Gasteiger partial charge in [0.05, 0.1) is 5.69 Å². The number of hydrogen-bond donors (Lipinski definition) is 1. The summed E-state index contributed by atoms with van der Waals surface area (Å²) in [5.74, 6) is -0.361. The molecule has 0 saturated carbocycles. The topological polar surface area (TPSA) is 70.7 Å². The lowest BCUT2D eigenvalue weighted by atomic mass is 10.2. The van der Waals surface area contributed by atoms with E-state index >= 15 is 0 Å². The normalized spacial score (nSPS) is 10.0.